The molecule has 0 atom stereocenters. The fraction of sp³-hybridized carbons (Fsp3) is 0.700. The van der Waals surface area contributed by atoms with Gasteiger partial charge in [-0.3, -0.25) is 0 Å². The number of nitrogen functional groups attached to an aromatic ring is 1. The van der Waals surface area contributed by atoms with Crippen LogP contribution in [0.15, 0.2) is 0 Å². The number of hydrogen-bond donors (Lipinski definition) is 1. The molecule has 1 aliphatic rings. The normalized spacial score (nSPS) is 18.3. The third-order valence-electron chi connectivity index (χ3n) is 2.91. The quantitative estimate of drug-likeness (QED) is 0.849. The molecule has 2 N–H and O–H groups in total. The van der Waals surface area contributed by atoms with Crippen LogP contribution in [0.5, 0.6) is 0 Å². The lowest BCUT2D eigenvalue weighted by molar-refractivity contribution is 0.571. The molecule has 2 rings (SSSR count). The van der Waals surface area contributed by atoms with E-state index in [0.29, 0.717) is 12.2 Å². The lowest BCUT2D eigenvalue weighted by Gasteiger charge is -2.10. The molecule has 1 aromatic heterocycles. The number of aromatic nitrogens is 2. The van der Waals surface area contributed by atoms with Crippen molar-refractivity contribution in [3.05, 3.63) is 11.3 Å². The van der Waals surface area contributed by atoms with Gasteiger partial charge in [0.05, 0.1) is 17.2 Å². The van der Waals surface area contributed by atoms with E-state index < -0.39 is 9.84 Å². The second-order valence-corrected chi connectivity index (χ2v) is 6.41. The predicted octanol–water partition coefficient (Wildman–Crippen LogP) is 0.736. The van der Waals surface area contributed by atoms with Crippen LogP contribution in [0.25, 0.3) is 0 Å². The number of aryl methyl sites for hydroxylation is 2. The number of fused-ring (bicyclic) bond motifs is 1. The van der Waals surface area contributed by atoms with E-state index in [9.17, 15) is 8.42 Å². The average molecular weight is 243 g/mol. The van der Waals surface area contributed by atoms with Gasteiger partial charge in [-0.2, -0.15) is 5.10 Å². The molecule has 0 radical (unpaired) electrons. The van der Waals surface area contributed by atoms with Crippen molar-refractivity contribution in [1.29, 1.82) is 0 Å². The van der Waals surface area contributed by atoms with E-state index in [-0.39, 0.29) is 11.5 Å². The zero-order chi connectivity index (χ0) is 11.8. The van der Waals surface area contributed by atoms with E-state index >= 15 is 0 Å². The van der Waals surface area contributed by atoms with Crippen molar-refractivity contribution in [3.8, 4) is 0 Å². The van der Waals surface area contributed by atoms with Gasteiger partial charge in [0, 0.05) is 18.5 Å². The van der Waals surface area contributed by atoms with E-state index in [2.05, 4.69) is 12.0 Å². The minimum Gasteiger partial charge on any atom is -0.384 e. The Morgan fingerprint density at radius 2 is 2.25 bits per heavy atom. The lowest BCUT2D eigenvalue weighted by atomic mass is 10.2. The van der Waals surface area contributed by atoms with Crippen LogP contribution < -0.4 is 5.73 Å². The van der Waals surface area contributed by atoms with Gasteiger partial charge in [-0.1, -0.05) is 13.3 Å². The zero-order valence-electron chi connectivity index (χ0n) is 9.44. The maximum atomic E-state index is 11.5. The third-order valence-corrected chi connectivity index (χ3v) is 4.47. The first-order chi connectivity index (χ1) is 7.53. The highest BCUT2D eigenvalue weighted by Gasteiger charge is 2.27. The minimum absolute atomic E-state index is 0.0558. The molecule has 0 bridgehead atoms. The molecule has 0 spiro atoms. The van der Waals surface area contributed by atoms with Gasteiger partial charge in [-0.25, -0.2) is 13.1 Å². The Bertz CT molecular complexity index is 490. The summed E-state index contributed by atoms with van der Waals surface area (Å²) in [6, 6.07) is 0. The number of rotatable bonds is 3. The summed E-state index contributed by atoms with van der Waals surface area (Å²) in [7, 11) is -2.96. The molecule has 0 aromatic carbocycles. The SMILES string of the molecule is CCCCn1nc2c(c1N)CS(=O)(=O)CC2. The zero-order valence-corrected chi connectivity index (χ0v) is 10.3. The van der Waals surface area contributed by atoms with Gasteiger partial charge in [-0.05, 0) is 6.42 Å². The van der Waals surface area contributed by atoms with Crippen LogP contribution in [-0.2, 0) is 28.6 Å². The van der Waals surface area contributed by atoms with E-state index in [1.54, 1.807) is 4.68 Å². The monoisotopic (exact) mass is 243 g/mol. The van der Waals surface area contributed by atoms with Gasteiger partial charge in [0.15, 0.2) is 9.84 Å². The summed E-state index contributed by atoms with van der Waals surface area (Å²) in [5, 5.41) is 4.38. The smallest absolute Gasteiger partial charge is 0.155 e. The van der Waals surface area contributed by atoms with Crippen molar-refractivity contribution >= 4 is 15.7 Å². The molecule has 6 heteroatoms. The highest BCUT2D eigenvalue weighted by Crippen LogP contribution is 2.25. The molecule has 0 saturated heterocycles. The summed E-state index contributed by atoms with van der Waals surface area (Å²) in [6.45, 7) is 2.87. The summed E-state index contributed by atoms with van der Waals surface area (Å²) in [5.41, 5.74) is 7.51. The number of sulfone groups is 1. The minimum atomic E-state index is -2.96. The average Bonchev–Trinajstić information content (AvgIpc) is 2.52. The summed E-state index contributed by atoms with van der Waals surface area (Å²) >= 11 is 0. The Kier molecular flexibility index (Phi) is 2.92. The number of unbranched alkanes of at least 4 members (excludes halogenated alkanes) is 1. The molecule has 16 heavy (non-hydrogen) atoms. The molecule has 0 saturated carbocycles. The molecule has 2 heterocycles. The molecule has 0 amide bonds. The van der Waals surface area contributed by atoms with E-state index in [1.807, 2.05) is 0 Å². The maximum absolute atomic E-state index is 11.5. The van der Waals surface area contributed by atoms with Gasteiger partial charge < -0.3 is 5.73 Å². The fourth-order valence-electron chi connectivity index (χ4n) is 1.94. The Morgan fingerprint density at radius 1 is 1.50 bits per heavy atom. The van der Waals surface area contributed by atoms with Crippen molar-refractivity contribution in [2.75, 3.05) is 11.5 Å². The van der Waals surface area contributed by atoms with Crippen molar-refractivity contribution in [3.63, 3.8) is 0 Å². The van der Waals surface area contributed by atoms with Gasteiger partial charge in [0.25, 0.3) is 0 Å². The van der Waals surface area contributed by atoms with Crippen LogP contribution in [0.2, 0.25) is 0 Å². The first-order valence-electron chi connectivity index (χ1n) is 5.58. The number of nitrogens with zero attached hydrogens (tertiary/aromatic N) is 2. The predicted molar refractivity (Wildman–Crippen MR) is 62.7 cm³/mol. The molecular formula is C10H17N3O2S. The first-order valence-corrected chi connectivity index (χ1v) is 7.40. The van der Waals surface area contributed by atoms with Crippen molar-refractivity contribution in [1.82, 2.24) is 9.78 Å². The highest BCUT2D eigenvalue weighted by atomic mass is 32.2. The van der Waals surface area contributed by atoms with Crippen molar-refractivity contribution in [2.24, 2.45) is 0 Å². The summed E-state index contributed by atoms with van der Waals surface area (Å²) < 4.78 is 24.7. The summed E-state index contributed by atoms with van der Waals surface area (Å²) in [5.74, 6) is 0.788. The molecule has 90 valence electrons. The number of hydrogen-bond acceptors (Lipinski definition) is 4. The van der Waals surface area contributed by atoms with Crippen LogP contribution >= 0.6 is 0 Å². The van der Waals surface area contributed by atoms with Gasteiger partial charge in [0.2, 0.25) is 0 Å². The standard InChI is InChI=1S/C10H17N3O2S/c1-2-3-5-13-10(11)8-7-16(14,15)6-4-9(8)12-13/h2-7,11H2,1H3. The summed E-state index contributed by atoms with van der Waals surface area (Å²) in [6.07, 6.45) is 2.58. The molecular weight excluding hydrogens is 226 g/mol. The van der Waals surface area contributed by atoms with E-state index in [1.165, 1.54) is 0 Å². The van der Waals surface area contributed by atoms with Gasteiger partial charge in [0.1, 0.15) is 5.82 Å². The largest absolute Gasteiger partial charge is 0.384 e. The Hall–Kier alpha value is -1.04. The van der Waals surface area contributed by atoms with Crippen molar-refractivity contribution < 1.29 is 8.42 Å². The van der Waals surface area contributed by atoms with Crippen LogP contribution in [0, 0.1) is 0 Å². The Balaban J connectivity index is 2.31. The van der Waals surface area contributed by atoms with Crippen LogP contribution in [0.4, 0.5) is 5.82 Å². The third kappa shape index (κ3) is 2.07. The molecule has 0 unspecified atom stereocenters. The second kappa shape index (κ2) is 4.08. The molecule has 0 fully saturated rings. The lowest BCUT2D eigenvalue weighted by Crippen LogP contribution is -2.18. The number of anilines is 1. The molecule has 0 aliphatic carbocycles. The molecule has 1 aliphatic heterocycles. The van der Waals surface area contributed by atoms with E-state index in [4.69, 9.17) is 5.73 Å². The maximum Gasteiger partial charge on any atom is 0.155 e. The van der Waals surface area contributed by atoms with E-state index in [0.717, 1.165) is 30.6 Å². The summed E-state index contributed by atoms with van der Waals surface area (Å²) in [4.78, 5) is 0. The Labute approximate surface area is 95.6 Å². The van der Waals surface area contributed by atoms with Crippen LogP contribution in [0.3, 0.4) is 0 Å². The van der Waals surface area contributed by atoms with Crippen molar-refractivity contribution in [2.45, 2.75) is 38.5 Å². The van der Waals surface area contributed by atoms with Crippen LogP contribution in [-0.4, -0.2) is 24.0 Å². The number of nitrogens with two attached hydrogens (primary N) is 1. The fourth-order valence-corrected chi connectivity index (χ4v) is 3.35. The molecule has 1 aromatic rings. The van der Waals surface area contributed by atoms with Gasteiger partial charge >= 0.3 is 0 Å². The topological polar surface area (TPSA) is 78.0 Å². The van der Waals surface area contributed by atoms with Crippen LogP contribution in [0.1, 0.15) is 31.0 Å². The van der Waals surface area contributed by atoms with Gasteiger partial charge in [-0.15, -0.1) is 0 Å². The first kappa shape index (κ1) is 11.4. The Morgan fingerprint density at radius 3 is 2.94 bits per heavy atom. The highest BCUT2D eigenvalue weighted by molar-refractivity contribution is 7.90. The molecule has 5 nitrogen and oxygen atoms in total. The second-order valence-electron chi connectivity index (χ2n) is 4.23.